The molecule has 0 heterocycles. The average Bonchev–Trinajstić information content (AvgIpc) is 2.30. The van der Waals surface area contributed by atoms with Gasteiger partial charge in [0.25, 0.3) is 5.12 Å². The van der Waals surface area contributed by atoms with E-state index < -0.39 is 56.6 Å². The van der Waals surface area contributed by atoms with Crippen molar-refractivity contribution in [3.05, 3.63) is 0 Å². The van der Waals surface area contributed by atoms with Crippen molar-refractivity contribution >= 4 is 25.6 Å². The third-order valence-electron chi connectivity index (χ3n) is 2.03. The molecule has 0 aliphatic carbocycles. The molecule has 0 rings (SSSR count). The zero-order chi connectivity index (χ0) is 16.3. The van der Waals surface area contributed by atoms with Crippen molar-refractivity contribution in [1.82, 2.24) is 0 Å². The van der Waals surface area contributed by atoms with Gasteiger partial charge in [-0.3, -0.25) is 13.9 Å². The van der Waals surface area contributed by atoms with E-state index in [-0.39, 0.29) is 0 Å². The van der Waals surface area contributed by atoms with Crippen LogP contribution >= 0.6 is 0 Å². The van der Waals surface area contributed by atoms with Crippen LogP contribution in [0.25, 0.3) is 0 Å². The Labute approximate surface area is 113 Å². The quantitative estimate of drug-likeness (QED) is 0.242. The highest BCUT2D eigenvalue weighted by Gasteiger charge is 2.38. The number of nitrogens with two attached hydrogens (primary N) is 1. The molecule has 120 valence electrons. The molecule has 0 unspecified atom stereocenters. The second-order valence-corrected chi connectivity index (χ2v) is 6.02. The Kier molecular flexibility index (Phi) is 6.59. The summed E-state index contributed by atoms with van der Waals surface area (Å²) in [5, 5.41) is 25.8. The second-order valence-electron chi connectivity index (χ2n) is 3.58. The smallest absolute Gasteiger partial charge is 0.388 e. The lowest BCUT2D eigenvalue weighted by atomic mass is 10.0. The summed E-state index contributed by atoms with van der Waals surface area (Å²) in [6.45, 7) is -1.20. The molecular weight excluding hydrogens is 326 g/mol. The number of rotatable bonds is 7. The van der Waals surface area contributed by atoms with Crippen LogP contribution in [0.5, 0.6) is 0 Å². The molecule has 0 spiro atoms. The molecule has 12 nitrogen and oxygen atoms in total. The Balaban J connectivity index is 4.77. The zero-order valence-corrected chi connectivity index (χ0v) is 11.2. The van der Waals surface area contributed by atoms with E-state index in [2.05, 4.69) is 4.18 Å². The third kappa shape index (κ3) is 6.16. The Hall–Kier alpha value is -0.710. The van der Waals surface area contributed by atoms with Crippen LogP contribution in [-0.2, 0) is 29.5 Å². The largest absolute Gasteiger partial charge is 0.397 e. The van der Waals surface area contributed by atoms with Crippen molar-refractivity contribution < 1.29 is 50.2 Å². The van der Waals surface area contributed by atoms with Crippen molar-refractivity contribution in [2.24, 2.45) is 5.73 Å². The predicted octanol–water partition coefficient (Wildman–Crippen LogP) is -4.37. The van der Waals surface area contributed by atoms with Crippen molar-refractivity contribution in [3.8, 4) is 0 Å². The first-order valence-electron chi connectivity index (χ1n) is 4.70. The minimum absolute atomic E-state index is 1.20. The normalized spacial score (nSPS) is 19.1. The second kappa shape index (κ2) is 6.83. The summed E-state index contributed by atoms with van der Waals surface area (Å²) in [5.41, 5.74) is 4.95. The van der Waals surface area contributed by atoms with E-state index in [9.17, 15) is 36.9 Å². The Morgan fingerprint density at radius 1 is 1.05 bits per heavy atom. The molecule has 0 bridgehead atoms. The van der Waals surface area contributed by atoms with Gasteiger partial charge in [-0.05, 0) is 0 Å². The molecule has 0 amide bonds. The molecule has 7 N–H and O–H groups in total. The maximum atomic E-state index is 11.0. The summed E-state index contributed by atoms with van der Waals surface area (Å²) < 4.78 is 61.6. The van der Waals surface area contributed by atoms with Gasteiger partial charge >= 0.3 is 20.5 Å². The number of hydrogen-bond acceptors (Lipinski definition) is 10. The topological polar surface area (TPSA) is 222 Å². The summed E-state index contributed by atoms with van der Waals surface area (Å²) in [7, 11) is -10.2. The fourth-order valence-electron chi connectivity index (χ4n) is 1.01. The molecule has 0 aliphatic rings. The van der Waals surface area contributed by atoms with E-state index in [1.54, 1.807) is 0 Å². The molecule has 0 saturated carbocycles. The van der Waals surface area contributed by atoms with Gasteiger partial charge in [-0.25, -0.2) is 4.18 Å². The van der Waals surface area contributed by atoms with Crippen LogP contribution in [0.4, 0.5) is 0 Å². The van der Waals surface area contributed by atoms with Gasteiger partial charge in [0.1, 0.15) is 24.4 Å². The Morgan fingerprint density at radius 3 is 1.85 bits per heavy atom. The lowest BCUT2D eigenvalue weighted by Crippen LogP contribution is -2.54. The highest BCUT2D eigenvalue weighted by molar-refractivity contribution is 8.01. The fourth-order valence-corrected chi connectivity index (χ4v) is 1.80. The van der Waals surface area contributed by atoms with Gasteiger partial charge in [0, 0.05) is 0 Å². The Bertz CT molecular complexity index is 539. The van der Waals surface area contributed by atoms with Crippen LogP contribution in [0, 0.1) is 0 Å². The highest BCUT2D eigenvalue weighted by atomic mass is 32.3. The molecule has 14 heteroatoms. The van der Waals surface area contributed by atoms with Gasteiger partial charge in [-0.1, -0.05) is 0 Å². The molecule has 0 saturated heterocycles. The lowest BCUT2D eigenvalue weighted by Gasteiger charge is -2.25. The average molecular weight is 339 g/mol. The zero-order valence-electron chi connectivity index (χ0n) is 9.60. The molecule has 20 heavy (non-hydrogen) atoms. The first-order chi connectivity index (χ1) is 8.77. The van der Waals surface area contributed by atoms with Crippen LogP contribution in [0.1, 0.15) is 0 Å². The fraction of sp³-hybridized carbons (Fsp3) is 0.833. The van der Waals surface area contributed by atoms with Crippen LogP contribution in [0.3, 0.4) is 0 Å². The van der Waals surface area contributed by atoms with E-state index in [0.717, 1.165) is 0 Å². The standard InChI is InChI=1S/C6H13NO11S2/c7-3(6(11)19(12,13)14)5(10)4(9)2(8)1-18-20(15,16)17/h2-5,8-10H,1,7H2,(H,12,13,14)(H,15,16,17)/t2-,3-,4-,5-/m1/s1. The van der Waals surface area contributed by atoms with Crippen molar-refractivity contribution in [1.29, 1.82) is 0 Å². The van der Waals surface area contributed by atoms with E-state index in [0.29, 0.717) is 0 Å². The summed E-state index contributed by atoms with van der Waals surface area (Å²) in [6.07, 6.45) is -6.78. The molecule has 0 aromatic carbocycles. The van der Waals surface area contributed by atoms with E-state index in [4.69, 9.17) is 14.8 Å². The number of aliphatic hydroxyl groups is 3. The maximum Gasteiger partial charge on any atom is 0.397 e. The minimum Gasteiger partial charge on any atom is -0.388 e. The number of aliphatic hydroxyl groups excluding tert-OH is 3. The molecular formula is C6H13NO11S2. The molecule has 4 atom stereocenters. The van der Waals surface area contributed by atoms with Gasteiger partial charge in [0.15, 0.2) is 0 Å². The SMILES string of the molecule is N[C@@H](C(=O)S(=O)(=O)O)[C@@H](O)[C@H](O)[C@H](O)COS(=O)(=O)O. The summed E-state index contributed by atoms with van der Waals surface area (Å²) >= 11 is 0. The number of carbonyl (C=O) groups is 1. The summed E-state index contributed by atoms with van der Waals surface area (Å²) in [5.74, 6) is 0. The van der Waals surface area contributed by atoms with Gasteiger partial charge in [-0.15, -0.1) is 0 Å². The van der Waals surface area contributed by atoms with E-state index >= 15 is 0 Å². The summed E-state index contributed by atoms with van der Waals surface area (Å²) in [6, 6.07) is -2.31. The number of hydrogen-bond donors (Lipinski definition) is 6. The van der Waals surface area contributed by atoms with Gasteiger partial charge in [0.2, 0.25) is 0 Å². The molecule has 0 fully saturated rings. The van der Waals surface area contributed by atoms with Crippen LogP contribution in [-0.4, -0.2) is 77.3 Å². The predicted molar refractivity (Wildman–Crippen MR) is 60.1 cm³/mol. The molecule has 0 aromatic heterocycles. The van der Waals surface area contributed by atoms with Crippen LogP contribution < -0.4 is 5.73 Å². The van der Waals surface area contributed by atoms with E-state index in [1.165, 1.54) is 0 Å². The van der Waals surface area contributed by atoms with Gasteiger partial charge in [-0.2, -0.15) is 16.8 Å². The molecule has 0 aromatic rings. The van der Waals surface area contributed by atoms with Crippen LogP contribution in [0.15, 0.2) is 0 Å². The number of carbonyl (C=O) groups excluding carboxylic acids is 1. The van der Waals surface area contributed by atoms with Crippen molar-refractivity contribution in [2.45, 2.75) is 24.4 Å². The van der Waals surface area contributed by atoms with Crippen molar-refractivity contribution in [2.75, 3.05) is 6.61 Å². The molecule has 0 radical (unpaired) electrons. The van der Waals surface area contributed by atoms with Crippen LogP contribution in [0.2, 0.25) is 0 Å². The lowest BCUT2D eigenvalue weighted by molar-refractivity contribution is -0.122. The van der Waals surface area contributed by atoms with E-state index in [1.807, 2.05) is 0 Å². The third-order valence-corrected chi connectivity index (χ3v) is 3.24. The Morgan fingerprint density at radius 2 is 1.50 bits per heavy atom. The van der Waals surface area contributed by atoms with Crippen molar-refractivity contribution in [3.63, 3.8) is 0 Å². The maximum absolute atomic E-state index is 11.0. The monoisotopic (exact) mass is 339 g/mol. The summed E-state index contributed by atoms with van der Waals surface area (Å²) in [4.78, 5) is 11.0. The van der Waals surface area contributed by atoms with Gasteiger partial charge in [0.05, 0.1) is 6.61 Å². The first kappa shape index (κ1) is 19.3. The first-order valence-corrected chi connectivity index (χ1v) is 7.51. The minimum atomic E-state index is -5.23. The van der Waals surface area contributed by atoms with Gasteiger partial charge < -0.3 is 21.1 Å². The molecule has 0 aliphatic heterocycles. The highest BCUT2D eigenvalue weighted by Crippen LogP contribution is 2.08.